The van der Waals surface area contributed by atoms with E-state index < -0.39 is 17.9 Å². The SMILES string of the molecule is O=C(CCCOc1ccc(OC(F)(F)F)c(F)c1)c1ccnc(NC(=O)C2CC2)n1. The van der Waals surface area contributed by atoms with Gasteiger partial charge in [0.25, 0.3) is 0 Å². The number of carbonyl (C=O) groups excluding carboxylic acids is 2. The van der Waals surface area contributed by atoms with E-state index in [1.54, 1.807) is 0 Å². The van der Waals surface area contributed by atoms with Crippen LogP contribution in [-0.2, 0) is 4.79 Å². The van der Waals surface area contributed by atoms with Gasteiger partial charge in [-0.15, -0.1) is 13.2 Å². The number of ether oxygens (including phenoxy) is 2. The molecule has 1 amide bonds. The summed E-state index contributed by atoms with van der Waals surface area (Å²) in [6.45, 7) is 0.0288. The molecule has 11 heteroatoms. The lowest BCUT2D eigenvalue weighted by Gasteiger charge is -2.11. The monoisotopic (exact) mass is 427 g/mol. The van der Waals surface area contributed by atoms with E-state index in [1.807, 2.05) is 0 Å². The number of anilines is 1. The van der Waals surface area contributed by atoms with Crippen LogP contribution in [0.15, 0.2) is 30.5 Å². The molecule has 3 rings (SSSR count). The van der Waals surface area contributed by atoms with Crippen molar-refractivity contribution in [2.45, 2.75) is 32.0 Å². The first-order valence-electron chi connectivity index (χ1n) is 9.06. The fourth-order valence-corrected chi connectivity index (χ4v) is 2.46. The van der Waals surface area contributed by atoms with Crippen molar-refractivity contribution < 1.29 is 36.6 Å². The van der Waals surface area contributed by atoms with E-state index in [9.17, 15) is 27.2 Å². The van der Waals surface area contributed by atoms with Crippen LogP contribution in [0.2, 0.25) is 0 Å². The van der Waals surface area contributed by atoms with Crippen LogP contribution >= 0.6 is 0 Å². The van der Waals surface area contributed by atoms with Crippen molar-refractivity contribution >= 4 is 17.6 Å². The lowest BCUT2D eigenvalue weighted by molar-refractivity contribution is -0.275. The standard InChI is InChI=1S/C19H17F4N3O4/c20-13-10-12(5-6-16(13)30-19(21,22)23)29-9-1-2-15(27)14-7-8-24-18(25-14)26-17(28)11-3-4-11/h5-8,10-11H,1-4,9H2,(H,24,25,26,28). The van der Waals surface area contributed by atoms with Crippen molar-refractivity contribution in [3.63, 3.8) is 0 Å². The molecule has 1 aliphatic rings. The molecular formula is C19H17F4N3O4. The molecule has 1 fully saturated rings. The number of ketones is 1. The number of Topliss-reactive ketones (excluding diaryl/α,β-unsaturated/α-hetero) is 1. The molecule has 1 aromatic carbocycles. The van der Waals surface area contributed by atoms with E-state index in [0.29, 0.717) is 0 Å². The summed E-state index contributed by atoms with van der Waals surface area (Å²) >= 11 is 0. The zero-order valence-electron chi connectivity index (χ0n) is 15.5. The van der Waals surface area contributed by atoms with Crippen LogP contribution in [0.1, 0.15) is 36.2 Å². The van der Waals surface area contributed by atoms with Crippen LogP contribution in [0.5, 0.6) is 11.5 Å². The predicted octanol–water partition coefficient (Wildman–Crippen LogP) is 3.90. The second-order valence-corrected chi connectivity index (χ2v) is 6.54. The fraction of sp³-hybridized carbons (Fsp3) is 0.368. The molecule has 1 aromatic heterocycles. The van der Waals surface area contributed by atoms with Crippen molar-refractivity contribution in [1.82, 2.24) is 9.97 Å². The molecule has 30 heavy (non-hydrogen) atoms. The summed E-state index contributed by atoms with van der Waals surface area (Å²) in [5.74, 6) is -2.62. The molecule has 0 unspecified atom stereocenters. The fourth-order valence-electron chi connectivity index (χ4n) is 2.46. The smallest absolute Gasteiger partial charge is 0.493 e. The minimum atomic E-state index is -4.99. The molecule has 0 bridgehead atoms. The molecule has 0 spiro atoms. The Morgan fingerprint density at radius 2 is 1.97 bits per heavy atom. The molecule has 0 atom stereocenters. The third kappa shape index (κ3) is 6.39. The molecule has 0 saturated heterocycles. The van der Waals surface area contributed by atoms with Gasteiger partial charge in [-0.25, -0.2) is 14.4 Å². The minimum Gasteiger partial charge on any atom is -0.493 e. The van der Waals surface area contributed by atoms with E-state index in [4.69, 9.17) is 4.74 Å². The van der Waals surface area contributed by atoms with Gasteiger partial charge >= 0.3 is 6.36 Å². The Hall–Kier alpha value is -3.24. The van der Waals surface area contributed by atoms with Gasteiger partial charge in [-0.1, -0.05) is 0 Å². The summed E-state index contributed by atoms with van der Waals surface area (Å²) in [5.41, 5.74) is 0.135. The highest BCUT2D eigenvalue weighted by atomic mass is 19.4. The quantitative estimate of drug-likeness (QED) is 0.371. The Morgan fingerprint density at radius 1 is 1.20 bits per heavy atom. The maximum Gasteiger partial charge on any atom is 0.573 e. The van der Waals surface area contributed by atoms with E-state index in [2.05, 4.69) is 20.0 Å². The molecule has 2 aromatic rings. The normalized spacial score (nSPS) is 13.6. The van der Waals surface area contributed by atoms with E-state index in [1.165, 1.54) is 12.3 Å². The molecule has 0 radical (unpaired) electrons. The molecule has 0 aliphatic heterocycles. The van der Waals surface area contributed by atoms with Crippen molar-refractivity contribution in [2.75, 3.05) is 11.9 Å². The number of benzene rings is 1. The number of nitrogens with one attached hydrogen (secondary N) is 1. The molecule has 1 aliphatic carbocycles. The van der Waals surface area contributed by atoms with Gasteiger partial charge in [0.15, 0.2) is 17.3 Å². The largest absolute Gasteiger partial charge is 0.573 e. The lowest BCUT2D eigenvalue weighted by Crippen LogP contribution is -2.18. The first kappa shape index (κ1) is 21.5. The second kappa shape index (κ2) is 9.06. The van der Waals surface area contributed by atoms with Gasteiger partial charge < -0.3 is 9.47 Å². The van der Waals surface area contributed by atoms with Crippen molar-refractivity contribution in [1.29, 1.82) is 0 Å². The molecule has 160 valence electrons. The third-order valence-corrected chi connectivity index (χ3v) is 4.07. The summed E-state index contributed by atoms with van der Waals surface area (Å²) in [7, 11) is 0. The highest BCUT2D eigenvalue weighted by Crippen LogP contribution is 2.30. The number of carbonyl (C=O) groups is 2. The van der Waals surface area contributed by atoms with Gasteiger partial charge in [-0.3, -0.25) is 14.9 Å². The maximum atomic E-state index is 13.6. The molecule has 1 heterocycles. The third-order valence-electron chi connectivity index (χ3n) is 4.07. The van der Waals surface area contributed by atoms with E-state index >= 15 is 0 Å². The summed E-state index contributed by atoms with van der Waals surface area (Å²) in [5, 5.41) is 2.56. The minimum absolute atomic E-state index is 0.00147. The lowest BCUT2D eigenvalue weighted by atomic mass is 10.1. The highest BCUT2D eigenvalue weighted by Gasteiger charge is 2.32. The summed E-state index contributed by atoms with van der Waals surface area (Å²) < 4.78 is 58.8. The molecule has 1 saturated carbocycles. The van der Waals surface area contributed by atoms with Crippen LogP contribution < -0.4 is 14.8 Å². The molecule has 1 N–H and O–H groups in total. The molecular weight excluding hydrogens is 410 g/mol. The number of hydrogen-bond acceptors (Lipinski definition) is 6. The van der Waals surface area contributed by atoms with Crippen molar-refractivity contribution in [3.05, 3.63) is 42.0 Å². The summed E-state index contributed by atoms with van der Waals surface area (Å²) in [6, 6.07) is 4.12. The maximum absolute atomic E-state index is 13.6. The number of halogens is 4. The van der Waals surface area contributed by atoms with Gasteiger partial charge in [0.1, 0.15) is 11.4 Å². The van der Waals surface area contributed by atoms with Crippen molar-refractivity contribution in [2.24, 2.45) is 5.92 Å². The van der Waals surface area contributed by atoms with Crippen LogP contribution in [0.25, 0.3) is 0 Å². The zero-order valence-corrected chi connectivity index (χ0v) is 15.5. The number of aromatic nitrogens is 2. The van der Waals surface area contributed by atoms with E-state index in [-0.39, 0.29) is 54.4 Å². The molecule has 7 nitrogen and oxygen atoms in total. The summed E-state index contributed by atoms with van der Waals surface area (Å²) in [6.07, 6.45) is -1.66. The Balaban J connectivity index is 1.45. The summed E-state index contributed by atoms with van der Waals surface area (Å²) in [4.78, 5) is 31.9. The Labute approximate surface area is 168 Å². The first-order valence-corrected chi connectivity index (χ1v) is 9.06. The average Bonchev–Trinajstić information content (AvgIpc) is 3.52. The average molecular weight is 427 g/mol. The number of alkyl halides is 3. The number of nitrogens with zero attached hydrogens (tertiary/aromatic N) is 2. The Kier molecular flexibility index (Phi) is 6.48. The van der Waals surface area contributed by atoms with Gasteiger partial charge in [-0.2, -0.15) is 0 Å². The van der Waals surface area contributed by atoms with Gasteiger partial charge in [-0.05, 0) is 37.5 Å². The van der Waals surface area contributed by atoms with Gasteiger partial charge in [0.2, 0.25) is 11.9 Å². The number of rotatable bonds is 9. The topological polar surface area (TPSA) is 90.4 Å². The number of amides is 1. The predicted molar refractivity (Wildman–Crippen MR) is 95.5 cm³/mol. The van der Waals surface area contributed by atoms with Crippen LogP contribution in [0.3, 0.4) is 0 Å². The highest BCUT2D eigenvalue weighted by molar-refractivity contribution is 5.95. The van der Waals surface area contributed by atoms with Gasteiger partial charge in [0, 0.05) is 24.6 Å². The Bertz CT molecular complexity index is 932. The second-order valence-electron chi connectivity index (χ2n) is 6.54. The number of hydrogen-bond donors (Lipinski definition) is 1. The first-order chi connectivity index (χ1) is 14.2. The van der Waals surface area contributed by atoms with Crippen LogP contribution in [0, 0.1) is 11.7 Å². The van der Waals surface area contributed by atoms with Gasteiger partial charge in [0.05, 0.1) is 6.61 Å². The van der Waals surface area contributed by atoms with Crippen LogP contribution in [0.4, 0.5) is 23.5 Å². The van der Waals surface area contributed by atoms with Crippen molar-refractivity contribution in [3.8, 4) is 11.5 Å². The van der Waals surface area contributed by atoms with Crippen LogP contribution in [-0.4, -0.2) is 34.6 Å². The zero-order chi connectivity index (χ0) is 21.7. The van der Waals surface area contributed by atoms with E-state index in [0.717, 1.165) is 31.0 Å². The Morgan fingerprint density at radius 3 is 2.63 bits per heavy atom.